The first kappa shape index (κ1) is 11.2. The van der Waals surface area contributed by atoms with E-state index in [2.05, 4.69) is 25.9 Å². The van der Waals surface area contributed by atoms with Gasteiger partial charge in [-0.15, -0.1) is 0 Å². The lowest BCUT2D eigenvalue weighted by atomic mass is 10.3. The summed E-state index contributed by atoms with van der Waals surface area (Å²) in [6.07, 6.45) is 7.31. The molecular formula is C13H10BrN3O. The van der Waals surface area contributed by atoms with E-state index in [1.807, 2.05) is 35.2 Å². The molecular weight excluding hydrogens is 294 g/mol. The molecule has 0 atom stereocenters. The molecule has 0 N–H and O–H groups in total. The molecule has 0 bridgehead atoms. The fraction of sp³-hybridized carbons (Fsp3) is 0.0769. The van der Waals surface area contributed by atoms with Crippen molar-refractivity contribution in [3.05, 3.63) is 47.5 Å². The van der Waals surface area contributed by atoms with E-state index in [9.17, 15) is 0 Å². The van der Waals surface area contributed by atoms with Crippen LogP contribution >= 0.6 is 15.9 Å². The first-order valence-corrected chi connectivity index (χ1v) is 6.20. The maximum absolute atomic E-state index is 5.28. The molecule has 3 rings (SSSR count). The molecule has 0 saturated carbocycles. The monoisotopic (exact) mass is 303 g/mol. The number of hydrogen-bond acceptors (Lipinski definition) is 3. The average molecular weight is 304 g/mol. The van der Waals surface area contributed by atoms with Crippen molar-refractivity contribution in [3.63, 3.8) is 0 Å². The molecule has 0 amide bonds. The van der Waals surface area contributed by atoms with Gasteiger partial charge in [0.25, 0.3) is 0 Å². The van der Waals surface area contributed by atoms with Gasteiger partial charge in [0.1, 0.15) is 11.6 Å². The number of aromatic nitrogens is 3. The van der Waals surface area contributed by atoms with Crippen LogP contribution in [-0.4, -0.2) is 21.6 Å². The van der Waals surface area contributed by atoms with Crippen molar-refractivity contribution in [2.45, 2.75) is 0 Å². The van der Waals surface area contributed by atoms with Crippen LogP contribution in [0.15, 0.2) is 47.5 Å². The molecule has 18 heavy (non-hydrogen) atoms. The topological polar surface area (TPSA) is 39.9 Å². The summed E-state index contributed by atoms with van der Waals surface area (Å²) in [5, 5.41) is 1.13. The van der Waals surface area contributed by atoms with E-state index in [-0.39, 0.29) is 0 Å². The van der Waals surface area contributed by atoms with E-state index in [0.717, 1.165) is 26.9 Å². The highest BCUT2D eigenvalue weighted by Gasteiger charge is 2.07. The van der Waals surface area contributed by atoms with Crippen LogP contribution in [-0.2, 0) is 0 Å². The minimum absolute atomic E-state index is 0.755. The lowest BCUT2D eigenvalue weighted by Gasteiger charge is -2.07. The molecule has 3 heterocycles. The van der Waals surface area contributed by atoms with Gasteiger partial charge >= 0.3 is 0 Å². The average Bonchev–Trinajstić information content (AvgIpc) is 2.83. The zero-order chi connectivity index (χ0) is 12.5. The highest BCUT2D eigenvalue weighted by Crippen LogP contribution is 2.27. The number of ether oxygens (including phenoxy) is 1. The SMILES string of the molecule is COc1cc(-n2ccc3ccncc32)ncc1Br. The van der Waals surface area contributed by atoms with Crippen molar-refractivity contribution in [2.75, 3.05) is 7.11 Å². The highest BCUT2D eigenvalue weighted by atomic mass is 79.9. The highest BCUT2D eigenvalue weighted by molar-refractivity contribution is 9.10. The minimum atomic E-state index is 0.755. The van der Waals surface area contributed by atoms with Gasteiger partial charge in [0.2, 0.25) is 0 Å². The van der Waals surface area contributed by atoms with E-state index in [1.165, 1.54) is 0 Å². The number of halogens is 1. The van der Waals surface area contributed by atoms with Crippen molar-refractivity contribution in [2.24, 2.45) is 0 Å². The van der Waals surface area contributed by atoms with Crippen molar-refractivity contribution in [1.82, 2.24) is 14.5 Å². The molecule has 90 valence electrons. The number of nitrogens with zero attached hydrogens (tertiary/aromatic N) is 3. The molecule has 0 radical (unpaired) electrons. The Bertz CT molecular complexity index is 708. The number of pyridine rings is 2. The normalized spacial score (nSPS) is 10.8. The Balaban J connectivity index is 2.20. The lowest BCUT2D eigenvalue weighted by molar-refractivity contribution is 0.411. The maximum Gasteiger partial charge on any atom is 0.140 e. The number of fused-ring (bicyclic) bond motifs is 1. The Kier molecular flexibility index (Phi) is 2.76. The second kappa shape index (κ2) is 4.42. The van der Waals surface area contributed by atoms with Crippen LogP contribution in [0.1, 0.15) is 0 Å². The molecule has 0 aliphatic rings. The van der Waals surface area contributed by atoms with Gasteiger partial charge in [-0.2, -0.15) is 0 Å². The Morgan fingerprint density at radius 2 is 2.17 bits per heavy atom. The Morgan fingerprint density at radius 3 is 3.00 bits per heavy atom. The summed E-state index contributed by atoms with van der Waals surface area (Å²) in [5.41, 5.74) is 1.02. The van der Waals surface area contributed by atoms with Crippen LogP contribution in [0.3, 0.4) is 0 Å². The summed E-state index contributed by atoms with van der Waals surface area (Å²) < 4.78 is 8.10. The van der Waals surface area contributed by atoms with Gasteiger partial charge < -0.3 is 4.74 Å². The van der Waals surface area contributed by atoms with Crippen molar-refractivity contribution in [1.29, 1.82) is 0 Å². The van der Waals surface area contributed by atoms with E-state index in [4.69, 9.17) is 4.74 Å². The second-order valence-electron chi connectivity index (χ2n) is 3.80. The summed E-state index contributed by atoms with van der Waals surface area (Å²) in [7, 11) is 1.64. The van der Waals surface area contributed by atoms with Crippen LogP contribution in [0.2, 0.25) is 0 Å². The van der Waals surface area contributed by atoms with Gasteiger partial charge in [0, 0.05) is 30.0 Å². The van der Waals surface area contributed by atoms with Crippen molar-refractivity contribution >= 4 is 26.8 Å². The molecule has 0 unspecified atom stereocenters. The lowest BCUT2D eigenvalue weighted by Crippen LogP contribution is -1.97. The first-order valence-electron chi connectivity index (χ1n) is 5.40. The van der Waals surface area contributed by atoms with E-state index >= 15 is 0 Å². The Labute approximate surface area is 112 Å². The Morgan fingerprint density at radius 1 is 1.28 bits per heavy atom. The Hall–Kier alpha value is -1.88. The minimum Gasteiger partial charge on any atom is -0.495 e. The molecule has 0 saturated heterocycles. The van der Waals surface area contributed by atoms with Crippen LogP contribution in [0.5, 0.6) is 5.75 Å². The number of hydrogen-bond donors (Lipinski definition) is 0. The molecule has 5 heteroatoms. The summed E-state index contributed by atoms with van der Waals surface area (Å²) >= 11 is 3.39. The number of methoxy groups -OCH3 is 1. The standard InChI is InChI=1S/C13H10BrN3O/c1-18-12-6-13(16-7-10(12)14)17-5-3-9-2-4-15-8-11(9)17/h2-8H,1H3. The van der Waals surface area contributed by atoms with E-state index < -0.39 is 0 Å². The van der Waals surface area contributed by atoms with Crippen molar-refractivity contribution in [3.8, 4) is 11.6 Å². The largest absolute Gasteiger partial charge is 0.495 e. The van der Waals surface area contributed by atoms with Crippen LogP contribution < -0.4 is 4.74 Å². The first-order chi connectivity index (χ1) is 8.79. The smallest absolute Gasteiger partial charge is 0.140 e. The number of rotatable bonds is 2. The quantitative estimate of drug-likeness (QED) is 0.730. The summed E-state index contributed by atoms with van der Waals surface area (Å²) in [4.78, 5) is 8.53. The third kappa shape index (κ3) is 1.76. The van der Waals surface area contributed by atoms with Crippen LogP contribution in [0, 0.1) is 0 Å². The van der Waals surface area contributed by atoms with Gasteiger partial charge in [0.15, 0.2) is 0 Å². The molecule has 0 aliphatic carbocycles. The molecule has 0 aromatic carbocycles. The molecule has 0 aliphatic heterocycles. The van der Waals surface area contributed by atoms with Gasteiger partial charge in [-0.3, -0.25) is 9.55 Å². The fourth-order valence-electron chi connectivity index (χ4n) is 1.87. The summed E-state index contributed by atoms with van der Waals surface area (Å²) in [6.45, 7) is 0. The molecule has 0 spiro atoms. The van der Waals surface area contributed by atoms with Crippen molar-refractivity contribution < 1.29 is 4.74 Å². The van der Waals surface area contributed by atoms with Gasteiger partial charge in [0.05, 0.1) is 23.3 Å². The predicted molar refractivity (Wildman–Crippen MR) is 73.1 cm³/mol. The second-order valence-corrected chi connectivity index (χ2v) is 4.65. The third-order valence-electron chi connectivity index (χ3n) is 2.77. The molecule has 0 fully saturated rings. The van der Waals surface area contributed by atoms with E-state index in [1.54, 1.807) is 19.5 Å². The van der Waals surface area contributed by atoms with Gasteiger partial charge in [-0.1, -0.05) is 0 Å². The molecule has 3 aromatic rings. The third-order valence-corrected chi connectivity index (χ3v) is 3.36. The predicted octanol–water partition coefficient (Wildman–Crippen LogP) is 3.19. The summed E-state index contributed by atoms with van der Waals surface area (Å²) in [5.74, 6) is 1.56. The maximum atomic E-state index is 5.28. The zero-order valence-corrected chi connectivity index (χ0v) is 11.3. The molecule has 3 aromatic heterocycles. The van der Waals surface area contributed by atoms with Gasteiger partial charge in [-0.25, -0.2) is 4.98 Å². The van der Waals surface area contributed by atoms with Crippen LogP contribution in [0.4, 0.5) is 0 Å². The van der Waals surface area contributed by atoms with E-state index in [0.29, 0.717) is 0 Å². The molecule has 4 nitrogen and oxygen atoms in total. The zero-order valence-electron chi connectivity index (χ0n) is 9.67. The summed E-state index contributed by atoms with van der Waals surface area (Å²) in [6, 6.07) is 5.89. The fourth-order valence-corrected chi connectivity index (χ4v) is 2.25. The van der Waals surface area contributed by atoms with Crippen LogP contribution in [0.25, 0.3) is 16.7 Å². The van der Waals surface area contributed by atoms with Gasteiger partial charge in [-0.05, 0) is 28.1 Å².